The minimum absolute atomic E-state index is 0.140. The van der Waals surface area contributed by atoms with Crippen molar-refractivity contribution in [1.82, 2.24) is 0 Å². The molecule has 0 radical (unpaired) electrons. The molecular weight excluding hydrogens is 260 g/mol. The molecule has 2 heteroatoms. The molecule has 0 amide bonds. The van der Waals surface area contributed by atoms with Crippen molar-refractivity contribution in [3.05, 3.63) is 42.0 Å². The lowest BCUT2D eigenvalue weighted by molar-refractivity contribution is 0.304. The van der Waals surface area contributed by atoms with Gasteiger partial charge in [0.15, 0.2) is 0 Å². The standard InChI is InChI=1S/C19H22O2/c1-2-3-4-7-15-21-19-13-12-16-9-5-6-10-17(16)18(19)11-8-14-20/h5-6,9-10,12-13,20H,2-4,7,14-15H2,1H3. The second-order valence-electron chi connectivity index (χ2n) is 5.03. The van der Waals surface area contributed by atoms with Gasteiger partial charge < -0.3 is 9.84 Å². The summed E-state index contributed by atoms with van der Waals surface area (Å²) in [7, 11) is 0. The number of aliphatic hydroxyl groups is 1. The minimum atomic E-state index is -0.140. The third-order valence-corrected chi connectivity index (χ3v) is 3.44. The lowest BCUT2D eigenvalue weighted by Crippen LogP contribution is -1.99. The zero-order chi connectivity index (χ0) is 14.9. The van der Waals surface area contributed by atoms with Crippen LogP contribution in [0.3, 0.4) is 0 Å². The van der Waals surface area contributed by atoms with Crippen LogP contribution < -0.4 is 4.74 Å². The predicted molar refractivity (Wildman–Crippen MR) is 87.5 cm³/mol. The van der Waals surface area contributed by atoms with Crippen molar-refractivity contribution in [3.8, 4) is 17.6 Å². The van der Waals surface area contributed by atoms with Gasteiger partial charge in [0.1, 0.15) is 12.4 Å². The van der Waals surface area contributed by atoms with Crippen LogP contribution in [-0.4, -0.2) is 18.3 Å². The van der Waals surface area contributed by atoms with Gasteiger partial charge in [0.25, 0.3) is 0 Å². The number of ether oxygens (including phenoxy) is 1. The van der Waals surface area contributed by atoms with Crippen LogP contribution in [0.2, 0.25) is 0 Å². The molecule has 2 aromatic rings. The molecule has 0 fully saturated rings. The van der Waals surface area contributed by atoms with E-state index in [9.17, 15) is 0 Å². The molecule has 1 N–H and O–H groups in total. The van der Waals surface area contributed by atoms with Crippen molar-refractivity contribution in [3.63, 3.8) is 0 Å². The van der Waals surface area contributed by atoms with Gasteiger partial charge in [0.2, 0.25) is 0 Å². The first-order valence-electron chi connectivity index (χ1n) is 7.61. The van der Waals surface area contributed by atoms with Gasteiger partial charge in [0, 0.05) is 5.39 Å². The van der Waals surface area contributed by atoms with E-state index in [-0.39, 0.29) is 6.61 Å². The molecule has 0 saturated heterocycles. The highest BCUT2D eigenvalue weighted by molar-refractivity contribution is 5.90. The Bertz CT molecular complexity index is 635. The van der Waals surface area contributed by atoms with Crippen LogP contribution in [-0.2, 0) is 0 Å². The number of fused-ring (bicyclic) bond motifs is 1. The van der Waals surface area contributed by atoms with Gasteiger partial charge in [-0.2, -0.15) is 0 Å². The van der Waals surface area contributed by atoms with Crippen molar-refractivity contribution in [2.24, 2.45) is 0 Å². The minimum Gasteiger partial charge on any atom is -0.492 e. The molecule has 0 aliphatic heterocycles. The van der Waals surface area contributed by atoms with Crippen LogP contribution in [0.25, 0.3) is 10.8 Å². The molecule has 110 valence electrons. The third kappa shape index (κ3) is 4.24. The lowest BCUT2D eigenvalue weighted by Gasteiger charge is -2.10. The van der Waals surface area contributed by atoms with Gasteiger partial charge in [-0.25, -0.2) is 0 Å². The largest absolute Gasteiger partial charge is 0.492 e. The van der Waals surface area contributed by atoms with Gasteiger partial charge in [-0.1, -0.05) is 68.4 Å². The Labute approximate surface area is 126 Å². The molecule has 0 aromatic heterocycles. The summed E-state index contributed by atoms with van der Waals surface area (Å²) in [5, 5.41) is 11.2. The van der Waals surface area contributed by atoms with E-state index in [1.165, 1.54) is 19.3 Å². The van der Waals surface area contributed by atoms with E-state index in [1.807, 2.05) is 24.3 Å². The van der Waals surface area contributed by atoms with Crippen molar-refractivity contribution >= 4 is 10.8 Å². The number of benzene rings is 2. The van der Waals surface area contributed by atoms with Crippen LogP contribution >= 0.6 is 0 Å². The molecule has 0 aliphatic rings. The smallest absolute Gasteiger partial charge is 0.135 e. The normalized spacial score (nSPS) is 10.2. The van der Waals surface area contributed by atoms with E-state index in [1.54, 1.807) is 0 Å². The summed E-state index contributed by atoms with van der Waals surface area (Å²) in [6.07, 6.45) is 4.73. The van der Waals surface area contributed by atoms with Crippen molar-refractivity contribution in [2.75, 3.05) is 13.2 Å². The Hall–Kier alpha value is -1.98. The molecule has 0 unspecified atom stereocenters. The average Bonchev–Trinajstić information content (AvgIpc) is 2.53. The Morgan fingerprint density at radius 2 is 1.90 bits per heavy atom. The summed E-state index contributed by atoms with van der Waals surface area (Å²) in [6.45, 7) is 2.78. The Balaban J connectivity index is 2.21. The Morgan fingerprint density at radius 3 is 2.71 bits per heavy atom. The van der Waals surface area contributed by atoms with Crippen LogP contribution in [0.5, 0.6) is 5.75 Å². The molecular formula is C19H22O2. The second kappa shape index (κ2) is 8.34. The summed E-state index contributed by atoms with van der Waals surface area (Å²) >= 11 is 0. The number of unbranched alkanes of at least 4 members (excludes halogenated alkanes) is 3. The SMILES string of the molecule is CCCCCCOc1ccc2ccccc2c1C#CCO. The quantitative estimate of drug-likeness (QED) is 0.637. The summed E-state index contributed by atoms with van der Waals surface area (Å²) in [6, 6.07) is 12.1. The molecule has 0 spiro atoms. The van der Waals surface area contributed by atoms with Gasteiger partial charge in [-0.15, -0.1) is 0 Å². The number of hydrogen-bond acceptors (Lipinski definition) is 2. The first-order chi connectivity index (χ1) is 10.4. The summed E-state index contributed by atoms with van der Waals surface area (Å²) < 4.78 is 5.90. The predicted octanol–water partition coefficient (Wildman–Crippen LogP) is 4.14. The maximum Gasteiger partial charge on any atom is 0.135 e. The zero-order valence-electron chi connectivity index (χ0n) is 12.6. The summed E-state index contributed by atoms with van der Waals surface area (Å²) in [5.41, 5.74) is 0.873. The molecule has 0 bridgehead atoms. The Kier molecular flexibility index (Phi) is 6.12. The molecule has 2 aromatic carbocycles. The van der Waals surface area contributed by atoms with Gasteiger partial charge >= 0.3 is 0 Å². The first-order valence-corrected chi connectivity index (χ1v) is 7.61. The average molecular weight is 282 g/mol. The summed E-state index contributed by atoms with van der Waals surface area (Å²) in [4.78, 5) is 0. The maximum atomic E-state index is 8.95. The summed E-state index contributed by atoms with van der Waals surface area (Å²) in [5.74, 6) is 6.58. The molecule has 21 heavy (non-hydrogen) atoms. The van der Waals surface area contributed by atoms with Crippen LogP contribution in [0, 0.1) is 11.8 Å². The monoisotopic (exact) mass is 282 g/mol. The molecule has 0 aliphatic carbocycles. The van der Waals surface area contributed by atoms with Crippen LogP contribution in [0.15, 0.2) is 36.4 Å². The second-order valence-corrected chi connectivity index (χ2v) is 5.03. The fraction of sp³-hybridized carbons (Fsp3) is 0.368. The number of rotatable bonds is 6. The fourth-order valence-electron chi connectivity index (χ4n) is 2.34. The molecule has 0 saturated carbocycles. The zero-order valence-corrected chi connectivity index (χ0v) is 12.6. The van der Waals surface area contributed by atoms with E-state index >= 15 is 0 Å². The molecule has 0 atom stereocenters. The highest BCUT2D eigenvalue weighted by Crippen LogP contribution is 2.27. The number of hydrogen-bond donors (Lipinski definition) is 1. The number of aliphatic hydroxyl groups excluding tert-OH is 1. The van der Waals surface area contributed by atoms with E-state index in [0.717, 1.165) is 28.5 Å². The topological polar surface area (TPSA) is 29.5 Å². The van der Waals surface area contributed by atoms with E-state index in [2.05, 4.69) is 30.9 Å². The van der Waals surface area contributed by atoms with E-state index in [0.29, 0.717) is 6.61 Å². The molecule has 2 rings (SSSR count). The third-order valence-electron chi connectivity index (χ3n) is 3.44. The maximum absolute atomic E-state index is 8.95. The highest BCUT2D eigenvalue weighted by atomic mass is 16.5. The molecule has 2 nitrogen and oxygen atoms in total. The van der Waals surface area contributed by atoms with Crippen LogP contribution in [0.4, 0.5) is 0 Å². The van der Waals surface area contributed by atoms with Crippen molar-refractivity contribution < 1.29 is 9.84 Å². The van der Waals surface area contributed by atoms with Crippen molar-refractivity contribution in [2.45, 2.75) is 32.6 Å². The molecule has 0 heterocycles. The van der Waals surface area contributed by atoms with Crippen LogP contribution in [0.1, 0.15) is 38.2 Å². The fourth-order valence-corrected chi connectivity index (χ4v) is 2.34. The first kappa shape index (κ1) is 15.4. The van der Waals surface area contributed by atoms with Gasteiger partial charge in [-0.3, -0.25) is 0 Å². The van der Waals surface area contributed by atoms with Gasteiger partial charge in [-0.05, 0) is 17.9 Å². The van der Waals surface area contributed by atoms with E-state index < -0.39 is 0 Å². The lowest BCUT2D eigenvalue weighted by atomic mass is 10.0. The van der Waals surface area contributed by atoms with Gasteiger partial charge in [0.05, 0.1) is 12.2 Å². The van der Waals surface area contributed by atoms with E-state index in [4.69, 9.17) is 9.84 Å². The highest BCUT2D eigenvalue weighted by Gasteiger charge is 2.06. The Morgan fingerprint density at radius 1 is 1.05 bits per heavy atom. The van der Waals surface area contributed by atoms with Crippen molar-refractivity contribution in [1.29, 1.82) is 0 Å².